The largest absolute Gasteiger partial charge is 0.481 e. The summed E-state index contributed by atoms with van der Waals surface area (Å²) in [4.78, 5) is 34.1. The summed E-state index contributed by atoms with van der Waals surface area (Å²) in [5.41, 5.74) is 0. The van der Waals surface area contributed by atoms with E-state index in [1.165, 1.54) is 0 Å². The van der Waals surface area contributed by atoms with Crippen LogP contribution in [-0.4, -0.2) is 34.1 Å². The van der Waals surface area contributed by atoms with Crippen molar-refractivity contribution in [2.75, 3.05) is 0 Å². The topological polar surface area (TPSA) is 104 Å². The van der Waals surface area contributed by atoms with Crippen molar-refractivity contribution in [3.63, 3.8) is 0 Å². The van der Waals surface area contributed by atoms with E-state index < -0.39 is 18.0 Å². The Hall–Kier alpha value is -1.89. The van der Waals surface area contributed by atoms with Crippen LogP contribution < -0.4 is 5.32 Å². The Morgan fingerprint density at radius 2 is 2.00 bits per heavy atom. The Balaban J connectivity index is 2.34. The van der Waals surface area contributed by atoms with Crippen LogP contribution in [0.2, 0.25) is 0 Å². The fourth-order valence-corrected chi connectivity index (χ4v) is 2.38. The number of carbonyl (C=O) groups is 3. The van der Waals surface area contributed by atoms with Gasteiger partial charge < -0.3 is 15.5 Å². The lowest BCUT2D eigenvalue weighted by molar-refractivity contribution is -0.142. The summed E-state index contributed by atoms with van der Waals surface area (Å²) >= 11 is 1.55. The first-order chi connectivity index (χ1) is 9.49. The predicted molar refractivity (Wildman–Crippen MR) is 73.7 cm³/mol. The van der Waals surface area contributed by atoms with Crippen molar-refractivity contribution in [2.24, 2.45) is 0 Å². The molecule has 1 aromatic heterocycles. The third-order valence-electron chi connectivity index (χ3n) is 2.70. The summed E-state index contributed by atoms with van der Waals surface area (Å²) in [6, 6.07) is 2.79. The van der Waals surface area contributed by atoms with E-state index in [0.29, 0.717) is 6.42 Å². The first kappa shape index (κ1) is 16.2. The molecule has 1 atom stereocenters. The van der Waals surface area contributed by atoms with Crippen LogP contribution in [0.5, 0.6) is 0 Å². The number of carbonyl (C=O) groups excluding carboxylic acids is 1. The quantitative estimate of drug-likeness (QED) is 0.641. The van der Waals surface area contributed by atoms with Crippen LogP contribution in [-0.2, 0) is 20.8 Å². The Bertz CT molecular complexity index is 457. The zero-order valence-electron chi connectivity index (χ0n) is 10.9. The van der Waals surface area contributed by atoms with Crippen molar-refractivity contribution in [3.8, 4) is 0 Å². The van der Waals surface area contributed by atoms with Crippen LogP contribution in [0.1, 0.15) is 30.6 Å². The zero-order valence-corrected chi connectivity index (χ0v) is 11.7. The van der Waals surface area contributed by atoms with Crippen molar-refractivity contribution in [3.05, 3.63) is 22.4 Å². The molecule has 20 heavy (non-hydrogen) atoms. The number of amides is 1. The van der Waals surface area contributed by atoms with Gasteiger partial charge in [-0.3, -0.25) is 9.59 Å². The minimum Gasteiger partial charge on any atom is -0.481 e. The highest BCUT2D eigenvalue weighted by atomic mass is 32.1. The van der Waals surface area contributed by atoms with Crippen molar-refractivity contribution in [2.45, 2.75) is 38.1 Å². The zero-order chi connectivity index (χ0) is 15.0. The number of aliphatic carboxylic acids is 2. The molecule has 0 bridgehead atoms. The second-order valence-electron chi connectivity index (χ2n) is 4.32. The summed E-state index contributed by atoms with van der Waals surface area (Å²) in [5, 5.41) is 21.8. The number of hydrogen-bond acceptors (Lipinski definition) is 4. The van der Waals surface area contributed by atoms with E-state index in [1.54, 1.807) is 11.3 Å². The smallest absolute Gasteiger partial charge is 0.326 e. The first-order valence-electron chi connectivity index (χ1n) is 6.25. The molecule has 0 aromatic carbocycles. The summed E-state index contributed by atoms with van der Waals surface area (Å²) in [6.45, 7) is 0. The molecule has 3 N–H and O–H groups in total. The van der Waals surface area contributed by atoms with Gasteiger partial charge >= 0.3 is 11.9 Å². The third-order valence-corrected chi connectivity index (χ3v) is 3.63. The van der Waals surface area contributed by atoms with Gasteiger partial charge in [0.2, 0.25) is 5.91 Å². The molecule has 1 rings (SSSR count). The Morgan fingerprint density at radius 1 is 1.25 bits per heavy atom. The van der Waals surface area contributed by atoms with Crippen LogP contribution in [0.3, 0.4) is 0 Å². The molecule has 0 saturated carbocycles. The maximum absolute atomic E-state index is 11.7. The molecule has 1 amide bonds. The van der Waals surface area contributed by atoms with Gasteiger partial charge in [-0.05, 0) is 30.7 Å². The van der Waals surface area contributed by atoms with E-state index in [4.69, 9.17) is 10.2 Å². The van der Waals surface area contributed by atoms with Crippen LogP contribution in [0.15, 0.2) is 17.5 Å². The van der Waals surface area contributed by atoms with E-state index in [1.807, 2.05) is 17.5 Å². The second-order valence-corrected chi connectivity index (χ2v) is 5.36. The van der Waals surface area contributed by atoms with Crippen molar-refractivity contribution >= 4 is 29.2 Å². The number of carboxylic acid groups (broad SMARTS) is 2. The lowest BCUT2D eigenvalue weighted by Crippen LogP contribution is -2.40. The normalized spacial score (nSPS) is 11.8. The number of rotatable bonds is 9. The Morgan fingerprint density at radius 3 is 2.55 bits per heavy atom. The lowest BCUT2D eigenvalue weighted by atomic mass is 10.1. The summed E-state index contributed by atoms with van der Waals surface area (Å²) < 4.78 is 0. The molecule has 1 heterocycles. The monoisotopic (exact) mass is 299 g/mol. The van der Waals surface area contributed by atoms with E-state index in [2.05, 4.69) is 5.32 Å². The second kappa shape index (κ2) is 8.31. The highest BCUT2D eigenvalue weighted by Gasteiger charge is 2.19. The van der Waals surface area contributed by atoms with E-state index in [0.717, 1.165) is 4.88 Å². The molecule has 1 aromatic rings. The molecule has 7 heteroatoms. The molecule has 0 radical (unpaired) electrons. The van der Waals surface area contributed by atoms with Crippen LogP contribution in [0.4, 0.5) is 0 Å². The number of thiophene rings is 1. The number of aryl methyl sites for hydroxylation is 1. The molecular weight excluding hydrogens is 282 g/mol. The predicted octanol–water partition coefficient (Wildman–Crippen LogP) is 1.50. The molecule has 0 aliphatic carbocycles. The molecule has 6 nitrogen and oxygen atoms in total. The van der Waals surface area contributed by atoms with Crippen LogP contribution >= 0.6 is 11.3 Å². The third kappa shape index (κ3) is 6.33. The van der Waals surface area contributed by atoms with Gasteiger partial charge in [-0.1, -0.05) is 6.07 Å². The molecule has 0 saturated heterocycles. The molecular formula is C13H17NO5S. The van der Waals surface area contributed by atoms with Crippen LogP contribution in [0.25, 0.3) is 0 Å². The lowest BCUT2D eigenvalue weighted by Gasteiger charge is -2.13. The van der Waals surface area contributed by atoms with Crippen molar-refractivity contribution in [1.29, 1.82) is 0 Å². The maximum atomic E-state index is 11.7. The standard InChI is InChI=1S/C13H17NO5S/c15-11(7-6-9-3-2-8-20-9)14-10(13(18)19)4-1-5-12(16)17/h2-3,8,10H,1,4-7H2,(H,14,15)(H,16,17)(H,18,19)/t10-/m1/s1. The fraction of sp³-hybridized carbons (Fsp3) is 0.462. The number of hydrogen-bond donors (Lipinski definition) is 3. The molecule has 0 aliphatic heterocycles. The van der Waals surface area contributed by atoms with Gasteiger partial charge in [-0.25, -0.2) is 4.79 Å². The van der Waals surface area contributed by atoms with Gasteiger partial charge in [-0.15, -0.1) is 11.3 Å². The van der Waals surface area contributed by atoms with Gasteiger partial charge in [0.25, 0.3) is 0 Å². The van der Waals surface area contributed by atoms with Gasteiger partial charge in [-0.2, -0.15) is 0 Å². The average molecular weight is 299 g/mol. The van der Waals surface area contributed by atoms with Crippen LogP contribution in [0, 0.1) is 0 Å². The first-order valence-corrected chi connectivity index (χ1v) is 7.13. The molecule has 110 valence electrons. The molecule has 0 aliphatic rings. The fourth-order valence-electron chi connectivity index (χ4n) is 1.67. The minimum atomic E-state index is -1.14. The molecule has 0 unspecified atom stereocenters. The van der Waals surface area contributed by atoms with Gasteiger partial charge in [0.15, 0.2) is 0 Å². The minimum absolute atomic E-state index is 0.102. The summed E-state index contributed by atoms with van der Waals surface area (Å²) in [5.74, 6) is -2.45. The van der Waals surface area contributed by atoms with Crippen molar-refractivity contribution in [1.82, 2.24) is 5.32 Å². The van der Waals surface area contributed by atoms with E-state index >= 15 is 0 Å². The number of nitrogens with one attached hydrogen (secondary N) is 1. The summed E-state index contributed by atoms with van der Waals surface area (Å²) in [6.07, 6.45) is 1.03. The van der Waals surface area contributed by atoms with Gasteiger partial charge in [0.05, 0.1) is 0 Å². The molecule has 0 fully saturated rings. The summed E-state index contributed by atoms with van der Waals surface area (Å²) in [7, 11) is 0. The highest BCUT2D eigenvalue weighted by Crippen LogP contribution is 2.11. The Kier molecular flexibility index (Phi) is 6.72. The SMILES string of the molecule is O=C(O)CCC[C@@H](NC(=O)CCc1cccs1)C(=O)O. The number of carboxylic acids is 2. The van der Waals surface area contributed by atoms with Gasteiger partial charge in [0, 0.05) is 17.7 Å². The highest BCUT2D eigenvalue weighted by molar-refractivity contribution is 7.09. The van der Waals surface area contributed by atoms with E-state index in [9.17, 15) is 14.4 Å². The average Bonchev–Trinajstić information content (AvgIpc) is 2.87. The van der Waals surface area contributed by atoms with Gasteiger partial charge in [0.1, 0.15) is 6.04 Å². The maximum Gasteiger partial charge on any atom is 0.326 e. The van der Waals surface area contributed by atoms with Crippen molar-refractivity contribution < 1.29 is 24.6 Å². The Labute approximate surface area is 120 Å². The molecule has 0 spiro atoms. The van der Waals surface area contributed by atoms with E-state index in [-0.39, 0.29) is 31.6 Å².